The van der Waals surface area contributed by atoms with Crippen molar-refractivity contribution in [3.63, 3.8) is 0 Å². The first-order valence-electron chi connectivity index (χ1n) is 11.2. The van der Waals surface area contributed by atoms with E-state index in [2.05, 4.69) is 22.8 Å². The number of nitro benzene ring substituents is 1. The van der Waals surface area contributed by atoms with Gasteiger partial charge in [0.1, 0.15) is 5.75 Å². The van der Waals surface area contributed by atoms with Gasteiger partial charge in [0, 0.05) is 51.8 Å². The molecule has 0 saturated heterocycles. The fourth-order valence-corrected chi connectivity index (χ4v) is 4.95. The number of phenolic OH excluding ortho intramolecular Hbond substituents is 1. The predicted octanol–water partition coefficient (Wildman–Crippen LogP) is 5.82. The van der Waals surface area contributed by atoms with Crippen LogP contribution in [0.2, 0.25) is 0 Å². The van der Waals surface area contributed by atoms with E-state index in [9.17, 15) is 24.8 Å². The number of carbonyl (C=O) groups is 2. The standard InChI is InChI=1S/C26H21N5O5S2/c27-11-3-13-37-23-16-21(30-26(34)19-5-1-2-6-22(19)32)24(38-14-4-12-28)15-20(23)29-25(33)17-7-9-18(10-8-17)31(35)36/h1-2,5-10,15-16,32H,3-4,13-14H2,(H,29,33)(H,30,34). The summed E-state index contributed by atoms with van der Waals surface area (Å²) in [4.78, 5) is 37.4. The molecule has 38 heavy (non-hydrogen) atoms. The van der Waals surface area contributed by atoms with Gasteiger partial charge < -0.3 is 15.7 Å². The minimum atomic E-state index is -0.557. The number of phenols is 1. The Morgan fingerprint density at radius 1 is 0.868 bits per heavy atom. The van der Waals surface area contributed by atoms with E-state index < -0.39 is 16.7 Å². The number of aromatic hydroxyl groups is 1. The molecule has 0 radical (unpaired) electrons. The second-order valence-corrected chi connectivity index (χ2v) is 9.86. The molecule has 0 spiro atoms. The topological polar surface area (TPSA) is 169 Å². The minimum absolute atomic E-state index is 0.0784. The van der Waals surface area contributed by atoms with Crippen LogP contribution in [0.3, 0.4) is 0 Å². The Labute approximate surface area is 226 Å². The van der Waals surface area contributed by atoms with Crippen LogP contribution in [0.25, 0.3) is 0 Å². The number of nitrogens with one attached hydrogen (secondary N) is 2. The lowest BCUT2D eigenvalue weighted by atomic mass is 10.1. The second-order valence-electron chi connectivity index (χ2n) is 7.59. The number of nitro groups is 1. The number of para-hydroxylation sites is 1. The maximum Gasteiger partial charge on any atom is 0.269 e. The molecule has 0 aromatic heterocycles. The summed E-state index contributed by atoms with van der Waals surface area (Å²) < 4.78 is 0. The van der Waals surface area contributed by atoms with Gasteiger partial charge in [-0.25, -0.2) is 0 Å². The van der Waals surface area contributed by atoms with Gasteiger partial charge in [-0.3, -0.25) is 19.7 Å². The van der Waals surface area contributed by atoms with Gasteiger partial charge in [-0.15, -0.1) is 23.5 Å². The molecule has 0 atom stereocenters. The zero-order chi connectivity index (χ0) is 27.5. The summed E-state index contributed by atoms with van der Waals surface area (Å²) in [5, 5.41) is 44.5. The molecule has 0 aliphatic carbocycles. The Morgan fingerprint density at radius 3 is 1.89 bits per heavy atom. The van der Waals surface area contributed by atoms with Crippen LogP contribution in [0.15, 0.2) is 70.5 Å². The summed E-state index contributed by atoms with van der Waals surface area (Å²) in [6.45, 7) is 0. The van der Waals surface area contributed by atoms with Gasteiger partial charge in [0.05, 0.1) is 34.0 Å². The summed E-state index contributed by atoms with van der Waals surface area (Å²) in [5.41, 5.74) is 0.967. The highest BCUT2D eigenvalue weighted by molar-refractivity contribution is 8.00. The smallest absolute Gasteiger partial charge is 0.269 e. The number of nitrogens with zero attached hydrogens (tertiary/aromatic N) is 3. The molecule has 10 nitrogen and oxygen atoms in total. The summed E-state index contributed by atoms with van der Waals surface area (Å²) in [6.07, 6.45) is 0.499. The average molecular weight is 548 g/mol. The van der Waals surface area contributed by atoms with Crippen LogP contribution in [-0.2, 0) is 0 Å². The fourth-order valence-electron chi connectivity index (χ4n) is 3.19. The Kier molecular flexibility index (Phi) is 10.1. The number of benzene rings is 3. The molecule has 192 valence electrons. The number of non-ortho nitro benzene ring substituents is 1. The van der Waals surface area contributed by atoms with Crippen molar-refractivity contribution in [1.82, 2.24) is 0 Å². The number of hydrogen-bond donors (Lipinski definition) is 3. The quantitative estimate of drug-likeness (QED) is 0.116. The van der Waals surface area contributed by atoms with E-state index in [1.807, 2.05) is 0 Å². The SMILES string of the molecule is N#CCCSc1cc(NC(=O)c2ccccc2O)c(SCCC#N)cc1NC(=O)c1ccc([N+](=O)[O-])cc1. The van der Waals surface area contributed by atoms with Gasteiger partial charge in [0.2, 0.25) is 0 Å². The first-order valence-corrected chi connectivity index (χ1v) is 13.1. The molecule has 0 saturated carbocycles. The van der Waals surface area contributed by atoms with Gasteiger partial charge >= 0.3 is 0 Å². The van der Waals surface area contributed by atoms with Crippen molar-refractivity contribution in [3.8, 4) is 17.9 Å². The molecule has 3 N–H and O–H groups in total. The Bertz CT molecular complexity index is 1430. The van der Waals surface area contributed by atoms with Crippen molar-refractivity contribution in [3.05, 3.63) is 81.9 Å². The van der Waals surface area contributed by atoms with Gasteiger partial charge in [-0.1, -0.05) is 12.1 Å². The van der Waals surface area contributed by atoms with Crippen molar-refractivity contribution < 1.29 is 19.6 Å². The molecule has 0 fully saturated rings. The maximum absolute atomic E-state index is 12.9. The summed E-state index contributed by atoms with van der Waals surface area (Å²) in [5.74, 6) is -0.377. The average Bonchev–Trinajstić information content (AvgIpc) is 2.91. The highest BCUT2D eigenvalue weighted by atomic mass is 32.2. The lowest BCUT2D eigenvalue weighted by molar-refractivity contribution is -0.384. The maximum atomic E-state index is 12.9. The van der Waals surface area contributed by atoms with Crippen LogP contribution >= 0.6 is 23.5 Å². The summed E-state index contributed by atoms with van der Waals surface area (Å²) >= 11 is 2.61. The van der Waals surface area contributed by atoms with E-state index in [1.165, 1.54) is 59.9 Å². The van der Waals surface area contributed by atoms with Gasteiger partial charge in [0.25, 0.3) is 17.5 Å². The first-order chi connectivity index (χ1) is 18.3. The Hall–Kier alpha value is -4.52. The van der Waals surface area contributed by atoms with E-state index in [0.717, 1.165) is 0 Å². The number of hydrogen-bond acceptors (Lipinski definition) is 9. The fraction of sp³-hybridized carbons (Fsp3) is 0.154. The molecule has 3 rings (SSSR count). The zero-order valence-corrected chi connectivity index (χ0v) is 21.5. The highest BCUT2D eigenvalue weighted by Crippen LogP contribution is 2.39. The molecule has 0 bridgehead atoms. The van der Waals surface area contributed by atoms with E-state index in [4.69, 9.17) is 10.5 Å². The van der Waals surface area contributed by atoms with Gasteiger partial charge in [-0.2, -0.15) is 10.5 Å². The van der Waals surface area contributed by atoms with Crippen molar-refractivity contribution in [2.24, 2.45) is 0 Å². The number of thioether (sulfide) groups is 2. The van der Waals surface area contributed by atoms with Crippen LogP contribution < -0.4 is 10.6 Å². The van der Waals surface area contributed by atoms with Crippen LogP contribution in [0.1, 0.15) is 33.6 Å². The summed E-state index contributed by atoms with van der Waals surface area (Å²) in [6, 6.07) is 18.7. The van der Waals surface area contributed by atoms with Crippen molar-refractivity contribution in [2.75, 3.05) is 22.1 Å². The molecule has 3 aromatic rings. The second kappa shape index (κ2) is 13.7. The number of rotatable bonds is 11. The lowest BCUT2D eigenvalue weighted by Gasteiger charge is -2.17. The number of amides is 2. The molecular weight excluding hydrogens is 526 g/mol. The van der Waals surface area contributed by atoms with E-state index in [1.54, 1.807) is 24.3 Å². The van der Waals surface area contributed by atoms with E-state index in [0.29, 0.717) is 32.7 Å². The monoisotopic (exact) mass is 547 g/mol. The minimum Gasteiger partial charge on any atom is -0.507 e. The largest absolute Gasteiger partial charge is 0.507 e. The molecule has 3 aromatic carbocycles. The molecule has 2 amide bonds. The van der Waals surface area contributed by atoms with E-state index >= 15 is 0 Å². The molecule has 12 heteroatoms. The number of nitriles is 2. The molecule has 0 heterocycles. The molecule has 0 aliphatic rings. The molecular formula is C26H21N5O5S2. The normalized spacial score (nSPS) is 10.2. The van der Waals surface area contributed by atoms with Crippen LogP contribution in [0.5, 0.6) is 5.75 Å². The third-order valence-electron chi connectivity index (χ3n) is 5.01. The van der Waals surface area contributed by atoms with Crippen molar-refractivity contribution >= 4 is 52.4 Å². The van der Waals surface area contributed by atoms with Crippen LogP contribution in [0, 0.1) is 32.8 Å². The van der Waals surface area contributed by atoms with Gasteiger partial charge in [-0.05, 0) is 36.4 Å². The van der Waals surface area contributed by atoms with Crippen molar-refractivity contribution in [2.45, 2.75) is 22.6 Å². The predicted molar refractivity (Wildman–Crippen MR) is 145 cm³/mol. The lowest BCUT2D eigenvalue weighted by Crippen LogP contribution is -2.15. The number of anilines is 2. The van der Waals surface area contributed by atoms with Gasteiger partial charge in [0.15, 0.2) is 0 Å². The highest BCUT2D eigenvalue weighted by Gasteiger charge is 2.18. The van der Waals surface area contributed by atoms with Crippen LogP contribution in [0.4, 0.5) is 17.1 Å². The van der Waals surface area contributed by atoms with Crippen molar-refractivity contribution in [1.29, 1.82) is 10.5 Å². The third kappa shape index (κ3) is 7.49. The third-order valence-corrected chi connectivity index (χ3v) is 7.12. The summed E-state index contributed by atoms with van der Waals surface area (Å²) in [7, 11) is 0. The Morgan fingerprint density at radius 2 is 1.39 bits per heavy atom. The molecule has 0 unspecified atom stereocenters. The molecule has 0 aliphatic heterocycles. The van der Waals surface area contributed by atoms with E-state index in [-0.39, 0.29) is 35.4 Å². The zero-order valence-electron chi connectivity index (χ0n) is 19.8. The van der Waals surface area contributed by atoms with Crippen LogP contribution in [-0.4, -0.2) is 33.3 Å². The Balaban J connectivity index is 1.98. The first kappa shape index (κ1) is 28.1. The number of carbonyl (C=O) groups excluding carboxylic acids is 2.